The topological polar surface area (TPSA) is 63.1 Å². The van der Waals surface area contributed by atoms with Crippen LogP contribution in [0.15, 0.2) is 77.8 Å². The van der Waals surface area contributed by atoms with Crippen LogP contribution in [-0.2, 0) is 17.8 Å². The number of thioether (sulfide) groups is 1. The molecular weight excluding hydrogens is 454 g/mol. The zero-order valence-electron chi connectivity index (χ0n) is 20.4. The Kier molecular flexibility index (Phi) is 7.93. The molecule has 0 aliphatic rings. The van der Waals surface area contributed by atoms with Crippen molar-refractivity contribution in [1.29, 1.82) is 0 Å². The van der Waals surface area contributed by atoms with E-state index in [1.807, 2.05) is 62.4 Å². The van der Waals surface area contributed by atoms with Crippen molar-refractivity contribution in [2.24, 2.45) is 0 Å². The van der Waals surface area contributed by atoms with Gasteiger partial charge in [0.25, 0.3) is 5.91 Å². The van der Waals surface area contributed by atoms with Crippen molar-refractivity contribution in [3.05, 3.63) is 95.2 Å². The number of hydrogen-bond donors (Lipinski definition) is 2. The van der Waals surface area contributed by atoms with Crippen LogP contribution in [0.4, 0.5) is 5.69 Å². The second-order valence-corrected chi connectivity index (χ2v) is 9.74. The Morgan fingerprint density at radius 3 is 2.37 bits per heavy atom. The van der Waals surface area contributed by atoms with Gasteiger partial charge in [0, 0.05) is 46.3 Å². The third kappa shape index (κ3) is 6.34. The van der Waals surface area contributed by atoms with Gasteiger partial charge in [0.2, 0.25) is 5.91 Å². The number of benzene rings is 3. The molecule has 6 heteroatoms. The van der Waals surface area contributed by atoms with E-state index in [0.717, 1.165) is 39.0 Å². The Morgan fingerprint density at radius 2 is 1.66 bits per heavy atom. The monoisotopic (exact) mass is 485 g/mol. The van der Waals surface area contributed by atoms with Crippen LogP contribution in [0, 0.1) is 13.8 Å². The van der Waals surface area contributed by atoms with E-state index in [9.17, 15) is 9.59 Å². The average molecular weight is 486 g/mol. The van der Waals surface area contributed by atoms with E-state index >= 15 is 0 Å². The molecule has 35 heavy (non-hydrogen) atoms. The largest absolute Gasteiger partial charge is 0.350 e. The highest BCUT2D eigenvalue weighted by molar-refractivity contribution is 8.00. The molecule has 0 aliphatic heterocycles. The minimum atomic E-state index is -0.0634. The van der Waals surface area contributed by atoms with Gasteiger partial charge in [0.15, 0.2) is 0 Å². The average Bonchev–Trinajstić information content (AvgIpc) is 3.20. The summed E-state index contributed by atoms with van der Waals surface area (Å²) in [6.45, 7) is 7.27. The zero-order chi connectivity index (χ0) is 24.8. The third-order valence-corrected chi connectivity index (χ3v) is 6.92. The molecule has 0 aliphatic carbocycles. The fraction of sp³-hybridized carbons (Fsp3) is 0.241. The normalized spacial score (nSPS) is 10.9. The van der Waals surface area contributed by atoms with Crippen molar-refractivity contribution in [1.82, 2.24) is 9.88 Å². The van der Waals surface area contributed by atoms with Gasteiger partial charge in [-0.05, 0) is 56.2 Å². The standard InChI is InChI=1S/C29H31N3O2S/c1-4-22-9-11-24(12-10-22)31-28(33)19-35-27-18-32(26-8-6-5-7-25(26)27)14-13-30-29(34)23-16-20(2)15-21(3)17-23/h5-12,15-18H,4,13-14,19H2,1-3H3,(H,30,34)(H,31,33). The molecule has 180 valence electrons. The lowest BCUT2D eigenvalue weighted by molar-refractivity contribution is -0.113. The van der Waals surface area contributed by atoms with Crippen molar-refractivity contribution in [3.63, 3.8) is 0 Å². The summed E-state index contributed by atoms with van der Waals surface area (Å²) in [7, 11) is 0. The van der Waals surface area contributed by atoms with E-state index in [1.165, 1.54) is 17.3 Å². The van der Waals surface area contributed by atoms with Crippen LogP contribution in [0.25, 0.3) is 10.9 Å². The first-order chi connectivity index (χ1) is 16.9. The second kappa shape index (κ2) is 11.3. The maximum absolute atomic E-state index is 12.6. The second-order valence-electron chi connectivity index (χ2n) is 8.72. The molecule has 0 radical (unpaired) electrons. The molecular formula is C29H31N3O2S. The van der Waals surface area contributed by atoms with Crippen molar-refractivity contribution in [3.8, 4) is 0 Å². The summed E-state index contributed by atoms with van der Waals surface area (Å²) >= 11 is 1.53. The Hall–Kier alpha value is -3.51. The summed E-state index contributed by atoms with van der Waals surface area (Å²) in [6.07, 6.45) is 3.05. The van der Waals surface area contributed by atoms with Crippen LogP contribution in [0.5, 0.6) is 0 Å². The lowest BCUT2D eigenvalue weighted by Gasteiger charge is -2.09. The number of hydrogen-bond acceptors (Lipinski definition) is 3. The van der Waals surface area contributed by atoms with Crippen molar-refractivity contribution >= 4 is 40.2 Å². The van der Waals surface area contributed by atoms with Gasteiger partial charge in [-0.15, -0.1) is 11.8 Å². The van der Waals surface area contributed by atoms with Crippen LogP contribution >= 0.6 is 11.8 Å². The first-order valence-electron chi connectivity index (χ1n) is 11.9. The third-order valence-electron chi connectivity index (χ3n) is 5.88. The molecule has 1 heterocycles. The summed E-state index contributed by atoms with van der Waals surface area (Å²) < 4.78 is 2.14. The lowest BCUT2D eigenvalue weighted by Crippen LogP contribution is -2.27. The molecule has 0 saturated heterocycles. The summed E-state index contributed by atoms with van der Waals surface area (Å²) in [6, 6.07) is 22.0. The molecule has 4 rings (SSSR count). The number of rotatable bonds is 9. The molecule has 0 spiro atoms. The van der Waals surface area contributed by atoms with Crippen LogP contribution in [0.3, 0.4) is 0 Å². The Labute approximate surface area is 210 Å². The molecule has 0 atom stereocenters. The van der Waals surface area contributed by atoms with E-state index in [1.54, 1.807) is 0 Å². The predicted octanol–water partition coefficient (Wildman–Crippen LogP) is 5.98. The molecule has 0 bridgehead atoms. The van der Waals surface area contributed by atoms with E-state index in [0.29, 0.717) is 24.4 Å². The Bertz CT molecular complexity index is 1320. The highest BCUT2D eigenvalue weighted by Gasteiger charge is 2.12. The zero-order valence-corrected chi connectivity index (χ0v) is 21.2. The molecule has 5 nitrogen and oxygen atoms in total. The summed E-state index contributed by atoms with van der Waals surface area (Å²) in [5.74, 6) is 0.232. The van der Waals surface area contributed by atoms with Crippen molar-refractivity contribution < 1.29 is 9.59 Å². The van der Waals surface area contributed by atoms with E-state index < -0.39 is 0 Å². The number of amides is 2. The molecule has 2 amide bonds. The van der Waals surface area contributed by atoms with Gasteiger partial charge in [-0.1, -0.05) is 54.4 Å². The number of nitrogens with one attached hydrogen (secondary N) is 2. The molecule has 4 aromatic rings. The summed E-state index contributed by atoms with van der Waals surface area (Å²) in [4.78, 5) is 26.2. The predicted molar refractivity (Wildman–Crippen MR) is 145 cm³/mol. The Morgan fingerprint density at radius 1 is 0.943 bits per heavy atom. The summed E-state index contributed by atoms with van der Waals surface area (Å²) in [5.41, 5.74) is 5.99. The first kappa shape index (κ1) is 24.6. The smallest absolute Gasteiger partial charge is 0.251 e. The first-order valence-corrected chi connectivity index (χ1v) is 12.9. The SMILES string of the molecule is CCc1ccc(NC(=O)CSc2cn(CCNC(=O)c3cc(C)cc(C)c3)c3ccccc23)cc1. The van der Waals surface area contributed by atoms with Gasteiger partial charge in [-0.2, -0.15) is 0 Å². The van der Waals surface area contributed by atoms with Crippen LogP contribution in [-0.4, -0.2) is 28.7 Å². The molecule has 0 saturated carbocycles. The number of para-hydroxylation sites is 1. The van der Waals surface area contributed by atoms with Gasteiger partial charge < -0.3 is 15.2 Å². The van der Waals surface area contributed by atoms with E-state index in [-0.39, 0.29) is 11.8 Å². The number of carbonyl (C=O) groups is 2. The molecule has 1 aromatic heterocycles. The van der Waals surface area contributed by atoms with Crippen LogP contribution in [0.2, 0.25) is 0 Å². The summed E-state index contributed by atoms with van der Waals surface area (Å²) in [5, 5.41) is 7.11. The number of aryl methyl sites for hydroxylation is 3. The highest BCUT2D eigenvalue weighted by atomic mass is 32.2. The van der Waals surface area contributed by atoms with Crippen molar-refractivity contribution in [2.75, 3.05) is 17.6 Å². The van der Waals surface area contributed by atoms with Gasteiger partial charge in [-0.25, -0.2) is 0 Å². The quantitative estimate of drug-likeness (QED) is 0.287. The van der Waals surface area contributed by atoms with Gasteiger partial charge in [-0.3, -0.25) is 9.59 Å². The highest BCUT2D eigenvalue weighted by Crippen LogP contribution is 2.30. The number of carbonyl (C=O) groups excluding carboxylic acids is 2. The number of aromatic nitrogens is 1. The maximum Gasteiger partial charge on any atom is 0.251 e. The van der Waals surface area contributed by atoms with Gasteiger partial charge >= 0.3 is 0 Å². The van der Waals surface area contributed by atoms with Crippen LogP contribution in [0.1, 0.15) is 34.0 Å². The van der Waals surface area contributed by atoms with Crippen molar-refractivity contribution in [2.45, 2.75) is 38.6 Å². The van der Waals surface area contributed by atoms with Gasteiger partial charge in [0.1, 0.15) is 0 Å². The fourth-order valence-electron chi connectivity index (χ4n) is 4.17. The number of nitrogens with zero attached hydrogens (tertiary/aromatic N) is 1. The molecule has 3 aromatic carbocycles. The minimum absolute atomic E-state index is 0.0307. The Balaban J connectivity index is 1.37. The molecule has 0 unspecified atom stereocenters. The van der Waals surface area contributed by atoms with E-state index in [2.05, 4.69) is 46.5 Å². The maximum atomic E-state index is 12.6. The van der Waals surface area contributed by atoms with E-state index in [4.69, 9.17) is 0 Å². The molecule has 2 N–H and O–H groups in total. The van der Waals surface area contributed by atoms with Crippen LogP contribution < -0.4 is 10.6 Å². The lowest BCUT2D eigenvalue weighted by atomic mass is 10.1. The number of fused-ring (bicyclic) bond motifs is 1. The number of anilines is 1. The van der Waals surface area contributed by atoms with Gasteiger partial charge in [0.05, 0.1) is 5.75 Å². The minimum Gasteiger partial charge on any atom is -0.350 e. The molecule has 0 fully saturated rings. The fourth-order valence-corrected chi connectivity index (χ4v) is 5.06.